The zero-order valence-corrected chi connectivity index (χ0v) is 19.5. The van der Waals surface area contributed by atoms with Crippen molar-refractivity contribution in [2.24, 2.45) is 0 Å². The summed E-state index contributed by atoms with van der Waals surface area (Å²) in [6, 6.07) is 5.71. The topological polar surface area (TPSA) is 87.8 Å². The van der Waals surface area contributed by atoms with Gasteiger partial charge in [0.2, 0.25) is 10.0 Å². The molecule has 1 atom stereocenters. The zero-order valence-electron chi connectivity index (χ0n) is 18.7. The molecule has 0 bridgehead atoms. The minimum atomic E-state index is -4.74. The van der Waals surface area contributed by atoms with Crippen molar-refractivity contribution in [3.8, 4) is 17.5 Å². The van der Waals surface area contributed by atoms with Crippen molar-refractivity contribution in [1.29, 1.82) is 5.26 Å². The van der Waals surface area contributed by atoms with Crippen molar-refractivity contribution in [2.75, 3.05) is 0 Å². The van der Waals surface area contributed by atoms with Crippen LogP contribution in [0.4, 0.5) is 17.6 Å². The van der Waals surface area contributed by atoms with Crippen LogP contribution in [0.3, 0.4) is 0 Å². The summed E-state index contributed by atoms with van der Waals surface area (Å²) in [5.41, 5.74) is 2.36. The monoisotopic (exact) mass is 506 g/mol. The van der Waals surface area contributed by atoms with E-state index >= 15 is 0 Å². The average Bonchev–Trinajstić information content (AvgIpc) is 3.55. The summed E-state index contributed by atoms with van der Waals surface area (Å²) in [6.45, 7) is 0.713. The normalized spacial score (nSPS) is 17.8. The highest BCUT2D eigenvalue weighted by molar-refractivity contribution is 7.89. The molecule has 2 saturated carbocycles. The molecule has 2 heterocycles. The van der Waals surface area contributed by atoms with E-state index in [1.807, 2.05) is 10.6 Å². The standard InChI is InChI=1S/C24H22F4N4O2S/c1-13(24(26,27)28)31-35(33,34)16-7-8-21(30-12-16)23-19(11-29)18-9-20(25)17(14-5-6-14)10-22(18)32(23)15-3-2-4-15/h7-10,12-15,31H,2-6H2,1H3. The van der Waals surface area contributed by atoms with Gasteiger partial charge < -0.3 is 4.57 Å². The van der Waals surface area contributed by atoms with Crippen molar-refractivity contribution in [3.63, 3.8) is 0 Å². The number of aromatic nitrogens is 2. The first-order chi connectivity index (χ1) is 16.5. The van der Waals surface area contributed by atoms with E-state index in [9.17, 15) is 31.2 Å². The molecule has 35 heavy (non-hydrogen) atoms. The number of halogens is 4. The van der Waals surface area contributed by atoms with Gasteiger partial charge in [-0.05, 0) is 74.8 Å². The second-order valence-corrected chi connectivity index (χ2v) is 10.9. The molecule has 0 saturated heterocycles. The van der Waals surface area contributed by atoms with Crippen LogP contribution < -0.4 is 4.72 Å². The summed E-state index contributed by atoms with van der Waals surface area (Å²) in [5, 5.41) is 10.4. The molecule has 1 unspecified atom stereocenters. The Labute approximate surface area is 199 Å². The van der Waals surface area contributed by atoms with Gasteiger partial charge in [-0.3, -0.25) is 4.98 Å². The molecule has 2 fully saturated rings. The van der Waals surface area contributed by atoms with E-state index in [4.69, 9.17) is 0 Å². The molecular weight excluding hydrogens is 484 g/mol. The number of pyridine rings is 1. The predicted molar refractivity (Wildman–Crippen MR) is 121 cm³/mol. The molecular formula is C24H22F4N4O2S. The minimum absolute atomic E-state index is 0.0895. The smallest absolute Gasteiger partial charge is 0.335 e. The minimum Gasteiger partial charge on any atom is -0.335 e. The molecule has 2 aliphatic rings. The highest BCUT2D eigenvalue weighted by Gasteiger charge is 2.39. The third kappa shape index (κ3) is 4.19. The quantitative estimate of drug-likeness (QED) is 0.445. The van der Waals surface area contributed by atoms with E-state index in [0.29, 0.717) is 29.3 Å². The fourth-order valence-corrected chi connectivity index (χ4v) is 5.66. The number of nitrogens with one attached hydrogen (secondary N) is 1. The number of rotatable bonds is 6. The summed E-state index contributed by atoms with van der Waals surface area (Å²) in [6.07, 6.45) is 0.844. The van der Waals surface area contributed by atoms with E-state index in [0.717, 1.165) is 49.9 Å². The van der Waals surface area contributed by atoms with Crippen LogP contribution in [0.1, 0.15) is 62.1 Å². The number of hydrogen-bond acceptors (Lipinski definition) is 4. The third-order valence-electron chi connectivity index (χ3n) is 6.80. The van der Waals surface area contributed by atoms with Crippen LogP contribution in [-0.2, 0) is 10.0 Å². The molecule has 3 aromatic rings. The molecule has 2 aromatic heterocycles. The zero-order chi connectivity index (χ0) is 25.1. The van der Waals surface area contributed by atoms with Gasteiger partial charge in [-0.15, -0.1) is 0 Å². The molecule has 0 amide bonds. The van der Waals surface area contributed by atoms with Gasteiger partial charge in [-0.2, -0.15) is 23.2 Å². The van der Waals surface area contributed by atoms with E-state index < -0.39 is 27.1 Å². The third-order valence-corrected chi connectivity index (χ3v) is 8.33. The van der Waals surface area contributed by atoms with Crippen LogP contribution in [-0.4, -0.2) is 30.2 Å². The summed E-state index contributed by atoms with van der Waals surface area (Å²) >= 11 is 0. The van der Waals surface area contributed by atoms with Gasteiger partial charge >= 0.3 is 6.18 Å². The van der Waals surface area contributed by atoms with Crippen LogP contribution in [0.5, 0.6) is 0 Å². The lowest BCUT2D eigenvalue weighted by molar-refractivity contribution is -0.147. The van der Waals surface area contributed by atoms with Gasteiger partial charge in [0, 0.05) is 17.6 Å². The average molecular weight is 507 g/mol. The molecule has 184 valence electrons. The second kappa shape index (κ2) is 8.31. The molecule has 1 N–H and O–H groups in total. The van der Waals surface area contributed by atoms with E-state index in [1.165, 1.54) is 12.1 Å². The van der Waals surface area contributed by atoms with Crippen LogP contribution in [0.25, 0.3) is 22.3 Å². The van der Waals surface area contributed by atoms with Crippen molar-refractivity contribution < 1.29 is 26.0 Å². The molecule has 6 nitrogen and oxygen atoms in total. The van der Waals surface area contributed by atoms with Gasteiger partial charge in [0.15, 0.2) is 0 Å². The van der Waals surface area contributed by atoms with Crippen LogP contribution in [0.2, 0.25) is 0 Å². The molecule has 0 spiro atoms. The summed E-state index contributed by atoms with van der Waals surface area (Å²) in [5.74, 6) is -0.180. The number of nitriles is 1. The lowest BCUT2D eigenvalue weighted by Gasteiger charge is -2.30. The molecule has 0 aliphatic heterocycles. The second-order valence-electron chi connectivity index (χ2n) is 9.22. The first-order valence-electron chi connectivity index (χ1n) is 11.3. The Kier molecular flexibility index (Phi) is 5.64. The van der Waals surface area contributed by atoms with E-state index in [-0.39, 0.29) is 23.3 Å². The fraction of sp³-hybridized carbons (Fsp3) is 0.417. The Hall–Kier alpha value is -2.97. The Morgan fingerprint density at radius 2 is 1.91 bits per heavy atom. The van der Waals surface area contributed by atoms with Gasteiger partial charge in [-0.1, -0.05) is 0 Å². The number of fused-ring (bicyclic) bond motifs is 1. The molecule has 1 aromatic carbocycles. The first kappa shape index (κ1) is 23.8. The highest BCUT2D eigenvalue weighted by atomic mass is 32.2. The number of hydrogen-bond donors (Lipinski definition) is 1. The molecule has 5 rings (SSSR count). The Bertz CT molecular complexity index is 1450. The highest BCUT2D eigenvalue weighted by Crippen LogP contribution is 2.46. The van der Waals surface area contributed by atoms with Gasteiger partial charge in [0.05, 0.1) is 22.5 Å². The number of nitrogens with zero attached hydrogens (tertiary/aromatic N) is 3. The van der Waals surface area contributed by atoms with E-state index in [2.05, 4.69) is 11.1 Å². The predicted octanol–water partition coefficient (Wildman–Crippen LogP) is 5.55. The Morgan fingerprint density at radius 3 is 2.43 bits per heavy atom. The summed E-state index contributed by atoms with van der Waals surface area (Å²) in [7, 11) is -4.47. The SMILES string of the molecule is CC(NS(=O)(=O)c1ccc(-c2c(C#N)c3cc(F)c(C4CC4)cc3n2C2CCC2)nc1)C(F)(F)F. The van der Waals surface area contributed by atoms with Crippen LogP contribution >= 0.6 is 0 Å². The Balaban J connectivity index is 1.61. The fourth-order valence-electron chi connectivity index (χ4n) is 4.49. The molecule has 2 aliphatic carbocycles. The van der Waals surface area contributed by atoms with Crippen LogP contribution in [0.15, 0.2) is 35.4 Å². The maximum absolute atomic E-state index is 14.9. The summed E-state index contributed by atoms with van der Waals surface area (Å²) < 4.78 is 81.8. The number of sulfonamides is 1. The molecule has 11 heteroatoms. The Morgan fingerprint density at radius 1 is 1.20 bits per heavy atom. The van der Waals surface area contributed by atoms with E-state index in [1.54, 1.807) is 4.72 Å². The van der Waals surface area contributed by atoms with Crippen molar-refractivity contribution in [2.45, 2.75) is 68.1 Å². The van der Waals surface area contributed by atoms with Crippen molar-refractivity contribution in [1.82, 2.24) is 14.3 Å². The van der Waals surface area contributed by atoms with Crippen LogP contribution in [0, 0.1) is 17.1 Å². The lowest BCUT2D eigenvalue weighted by Crippen LogP contribution is -2.42. The number of alkyl halides is 3. The van der Waals surface area contributed by atoms with Gasteiger partial charge in [-0.25, -0.2) is 12.8 Å². The largest absolute Gasteiger partial charge is 0.404 e. The maximum Gasteiger partial charge on any atom is 0.404 e. The number of benzene rings is 1. The first-order valence-corrected chi connectivity index (χ1v) is 12.8. The van der Waals surface area contributed by atoms with Gasteiger partial charge in [0.25, 0.3) is 0 Å². The van der Waals surface area contributed by atoms with Crippen molar-refractivity contribution in [3.05, 3.63) is 47.4 Å². The van der Waals surface area contributed by atoms with Crippen molar-refractivity contribution >= 4 is 20.9 Å². The maximum atomic E-state index is 14.9. The summed E-state index contributed by atoms with van der Waals surface area (Å²) in [4.78, 5) is 3.79. The lowest BCUT2D eigenvalue weighted by atomic mass is 9.92. The van der Waals surface area contributed by atoms with Gasteiger partial charge in [0.1, 0.15) is 22.8 Å². The molecule has 0 radical (unpaired) electrons.